The molecule has 0 unspecified atom stereocenters. The summed E-state index contributed by atoms with van der Waals surface area (Å²) >= 11 is 5.96. The number of aryl methyl sites for hydroxylation is 1. The normalized spacial score (nSPS) is 16.7. The molecule has 31 heavy (non-hydrogen) atoms. The molecule has 2 aliphatic rings. The summed E-state index contributed by atoms with van der Waals surface area (Å²) in [7, 11) is 0. The molecule has 1 aromatic carbocycles. The van der Waals surface area contributed by atoms with Gasteiger partial charge in [-0.2, -0.15) is 0 Å². The summed E-state index contributed by atoms with van der Waals surface area (Å²) in [4.78, 5) is 21.4. The molecule has 0 radical (unpaired) electrons. The molecule has 1 saturated heterocycles. The van der Waals surface area contributed by atoms with Gasteiger partial charge < -0.3 is 19.7 Å². The number of aromatic nitrogens is 3. The molecule has 168 valence electrons. The lowest BCUT2D eigenvalue weighted by Crippen LogP contribution is -2.54. The number of aliphatic imine (C=N–C) groups is 1. The number of hydrogen-bond donors (Lipinski definition) is 1. The summed E-state index contributed by atoms with van der Waals surface area (Å²) in [6.07, 6.45) is 3.32. The summed E-state index contributed by atoms with van der Waals surface area (Å²) in [6, 6.07) is 7.65. The molecule has 1 aromatic heterocycles. The molecule has 1 fully saturated rings. The number of nitrogens with one attached hydrogen (secondary N) is 1. The molecule has 1 amide bonds. The number of hydrogen-bond acceptors (Lipinski definition) is 4. The molecule has 1 N–H and O–H groups in total. The number of piperazine rings is 1. The summed E-state index contributed by atoms with van der Waals surface area (Å²) in [5, 5.41) is 12.7. The fraction of sp³-hybridized carbons (Fsp3) is 0.524. The summed E-state index contributed by atoms with van der Waals surface area (Å²) in [6.45, 7) is 6.53. The number of halogens is 2. The summed E-state index contributed by atoms with van der Waals surface area (Å²) < 4.78 is 2.19. The minimum absolute atomic E-state index is 0. The Morgan fingerprint density at radius 3 is 2.71 bits per heavy atom. The zero-order chi connectivity index (χ0) is 20.9. The van der Waals surface area contributed by atoms with Crippen LogP contribution in [0, 0.1) is 0 Å². The van der Waals surface area contributed by atoms with Gasteiger partial charge in [0, 0.05) is 44.2 Å². The van der Waals surface area contributed by atoms with Gasteiger partial charge in [0.15, 0.2) is 11.8 Å². The first-order valence-electron chi connectivity index (χ1n) is 10.6. The van der Waals surface area contributed by atoms with Gasteiger partial charge in [-0.05, 0) is 37.5 Å². The Morgan fingerprint density at radius 1 is 1.16 bits per heavy atom. The van der Waals surface area contributed by atoms with E-state index < -0.39 is 0 Å². The van der Waals surface area contributed by atoms with Gasteiger partial charge in [-0.1, -0.05) is 23.7 Å². The highest BCUT2D eigenvalue weighted by atomic mass is 127. The molecule has 3 heterocycles. The standard InChI is InChI=1S/C21H28ClN7O.HI/c1-2-23-21(24-13-19-26-25-18-5-3-4-10-29(18)19)28-12-11-27(20(30)15-28)14-16-6-8-17(22)9-7-16;/h6-9H,2-5,10-15H2,1H3,(H,23,24);1H. The van der Waals surface area contributed by atoms with E-state index in [1.54, 1.807) is 0 Å². The first kappa shape index (κ1) is 23.8. The van der Waals surface area contributed by atoms with Crippen LogP contribution in [0.3, 0.4) is 0 Å². The summed E-state index contributed by atoms with van der Waals surface area (Å²) in [5.74, 6) is 2.81. The average Bonchev–Trinajstić information content (AvgIpc) is 3.17. The highest BCUT2D eigenvalue weighted by molar-refractivity contribution is 14.0. The topological polar surface area (TPSA) is 78.7 Å². The number of amides is 1. The molecular weight excluding hydrogens is 529 g/mol. The van der Waals surface area contributed by atoms with Crippen LogP contribution in [0.1, 0.15) is 37.0 Å². The maximum atomic E-state index is 12.8. The molecule has 10 heteroatoms. The molecule has 8 nitrogen and oxygen atoms in total. The number of guanidine groups is 1. The largest absolute Gasteiger partial charge is 0.356 e. The van der Waals surface area contributed by atoms with Crippen LogP contribution in [-0.4, -0.2) is 62.6 Å². The number of rotatable bonds is 5. The zero-order valence-corrected chi connectivity index (χ0v) is 20.8. The molecule has 0 aliphatic carbocycles. The highest BCUT2D eigenvalue weighted by Gasteiger charge is 2.26. The second kappa shape index (κ2) is 11.1. The number of fused-ring (bicyclic) bond motifs is 1. The van der Waals surface area contributed by atoms with E-state index in [1.165, 1.54) is 6.42 Å². The number of nitrogens with zero attached hydrogens (tertiary/aromatic N) is 6. The second-order valence-electron chi connectivity index (χ2n) is 7.67. The summed E-state index contributed by atoms with van der Waals surface area (Å²) in [5.41, 5.74) is 1.08. The third-order valence-electron chi connectivity index (χ3n) is 5.55. The van der Waals surface area contributed by atoms with E-state index in [2.05, 4.69) is 20.1 Å². The predicted molar refractivity (Wildman–Crippen MR) is 132 cm³/mol. The van der Waals surface area contributed by atoms with Crippen LogP contribution < -0.4 is 5.32 Å². The Balaban J connectivity index is 0.00000272. The van der Waals surface area contributed by atoms with E-state index in [4.69, 9.17) is 16.6 Å². The van der Waals surface area contributed by atoms with Gasteiger partial charge in [-0.25, -0.2) is 4.99 Å². The van der Waals surface area contributed by atoms with Crippen LogP contribution in [0.15, 0.2) is 29.3 Å². The van der Waals surface area contributed by atoms with Crippen LogP contribution in [0.5, 0.6) is 0 Å². The van der Waals surface area contributed by atoms with Crippen LogP contribution >= 0.6 is 35.6 Å². The molecular formula is C21H29ClIN7O. The van der Waals surface area contributed by atoms with Crippen LogP contribution in [0.2, 0.25) is 5.02 Å². The van der Waals surface area contributed by atoms with Gasteiger partial charge in [0.2, 0.25) is 5.91 Å². The van der Waals surface area contributed by atoms with E-state index in [0.717, 1.165) is 55.6 Å². The lowest BCUT2D eigenvalue weighted by molar-refractivity contribution is -0.135. The van der Waals surface area contributed by atoms with Gasteiger partial charge >= 0.3 is 0 Å². The molecule has 0 spiro atoms. The second-order valence-corrected chi connectivity index (χ2v) is 8.11. The van der Waals surface area contributed by atoms with Gasteiger partial charge in [0.25, 0.3) is 0 Å². The van der Waals surface area contributed by atoms with E-state index in [0.29, 0.717) is 31.2 Å². The minimum atomic E-state index is 0. The van der Waals surface area contributed by atoms with Gasteiger partial charge in [0.05, 0.1) is 6.54 Å². The Morgan fingerprint density at radius 2 is 1.97 bits per heavy atom. The molecule has 0 bridgehead atoms. The monoisotopic (exact) mass is 557 g/mol. The van der Waals surface area contributed by atoms with Crippen LogP contribution in [-0.2, 0) is 30.8 Å². The fourth-order valence-corrected chi connectivity index (χ4v) is 4.05. The number of benzene rings is 1. The smallest absolute Gasteiger partial charge is 0.242 e. The van der Waals surface area contributed by atoms with Crippen molar-refractivity contribution in [3.05, 3.63) is 46.5 Å². The lowest BCUT2D eigenvalue weighted by atomic mass is 10.2. The van der Waals surface area contributed by atoms with Crippen LogP contribution in [0.4, 0.5) is 0 Å². The van der Waals surface area contributed by atoms with Crippen molar-refractivity contribution >= 4 is 47.4 Å². The van der Waals surface area contributed by atoms with Crippen molar-refractivity contribution in [1.82, 2.24) is 29.9 Å². The average molecular weight is 558 g/mol. The Kier molecular flexibility index (Phi) is 8.53. The van der Waals surface area contributed by atoms with Crippen molar-refractivity contribution in [2.75, 3.05) is 26.2 Å². The van der Waals surface area contributed by atoms with Crippen molar-refractivity contribution < 1.29 is 4.79 Å². The van der Waals surface area contributed by atoms with Crippen molar-refractivity contribution in [2.45, 2.75) is 45.8 Å². The quantitative estimate of drug-likeness (QED) is 0.348. The SMILES string of the molecule is CCNC(=NCc1nnc2n1CCCC2)N1CCN(Cc2ccc(Cl)cc2)C(=O)C1.I. The molecule has 2 aliphatic heterocycles. The van der Waals surface area contributed by atoms with E-state index in [-0.39, 0.29) is 29.9 Å². The van der Waals surface area contributed by atoms with E-state index in [9.17, 15) is 4.79 Å². The first-order chi connectivity index (χ1) is 14.6. The van der Waals surface area contributed by atoms with Crippen molar-refractivity contribution in [1.29, 1.82) is 0 Å². The molecule has 0 atom stereocenters. The van der Waals surface area contributed by atoms with Crippen molar-refractivity contribution in [2.24, 2.45) is 4.99 Å². The lowest BCUT2D eigenvalue weighted by Gasteiger charge is -2.36. The van der Waals surface area contributed by atoms with Crippen molar-refractivity contribution in [3.63, 3.8) is 0 Å². The Bertz CT molecular complexity index is 915. The first-order valence-corrected chi connectivity index (χ1v) is 11.0. The Labute approximate surface area is 205 Å². The fourth-order valence-electron chi connectivity index (χ4n) is 3.92. The number of carbonyl (C=O) groups is 1. The van der Waals surface area contributed by atoms with E-state index >= 15 is 0 Å². The van der Waals surface area contributed by atoms with Gasteiger partial charge in [-0.15, -0.1) is 34.2 Å². The minimum Gasteiger partial charge on any atom is -0.356 e. The zero-order valence-electron chi connectivity index (χ0n) is 17.8. The molecule has 4 rings (SSSR count). The third kappa shape index (κ3) is 5.88. The highest BCUT2D eigenvalue weighted by Crippen LogP contribution is 2.16. The van der Waals surface area contributed by atoms with E-state index in [1.807, 2.05) is 41.0 Å². The Hall–Kier alpha value is -1.88. The predicted octanol–water partition coefficient (Wildman–Crippen LogP) is 2.70. The van der Waals surface area contributed by atoms with Crippen LogP contribution in [0.25, 0.3) is 0 Å². The molecule has 2 aromatic rings. The van der Waals surface area contributed by atoms with Crippen molar-refractivity contribution in [3.8, 4) is 0 Å². The van der Waals surface area contributed by atoms with Gasteiger partial charge in [-0.3, -0.25) is 4.79 Å². The maximum absolute atomic E-state index is 12.8. The number of carbonyl (C=O) groups excluding carboxylic acids is 1. The maximum Gasteiger partial charge on any atom is 0.242 e. The van der Waals surface area contributed by atoms with Gasteiger partial charge in [0.1, 0.15) is 12.4 Å². The third-order valence-corrected chi connectivity index (χ3v) is 5.80. The molecule has 0 saturated carbocycles.